The van der Waals surface area contributed by atoms with Gasteiger partial charge in [0.05, 0.1) is 0 Å². The molecule has 33 valence electrons. The van der Waals surface area contributed by atoms with Gasteiger partial charge in [-0.1, -0.05) is 0 Å². The van der Waals surface area contributed by atoms with Gasteiger partial charge in [-0.3, -0.25) is 0 Å². The Hall–Kier alpha value is -0.290. The van der Waals surface area contributed by atoms with Crippen molar-refractivity contribution in [2.45, 2.75) is 0 Å². The topological polar surface area (TPSA) is 57.5 Å². The lowest BCUT2D eigenvalue weighted by Crippen LogP contribution is -1.64. The van der Waals surface area contributed by atoms with Gasteiger partial charge >= 0.3 is 7.60 Å². The summed E-state index contributed by atoms with van der Waals surface area (Å²) in [5, 5.41) is 0. The van der Waals surface area contributed by atoms with Crippen molar-refractivity contribution < 1.29 is 14.4 Å². The van der Waals surface area contributed by atoms with Gasteiger partial charge in [0.25, 0.3) is 0 Å². The van der Waals surface area contributed by atoms with Gasteiger partial charge in [-0.2, -0.15) is 0 Å². The lowest BCUT2D eigenvalue weighted by molar-refractivity contribution is 0.388. The predicted octanol–water partition coefficient (Wildman–Crippen LogP) is -0.289. The molecule has 0 aliphatic rings. The summed E-state index contributed by atoms with van der Waals surface area (Å²) in [7, 11) is -4.23. The van der Waals surface area contributed by atoms with Crippen molar-refractivity contribution in [3.8, 4) is 5.66 Å². The summed E-state index contributed by atoms with van der Waals surface area (Å²) < 4.78 is 9.40. The molecular formula is C2H2O3P. The van der Waals surface area contributed by atoms with Crippen molar-refractivity contribution in [3.05, 3.63) is 6.42 Å². The highest BCUT2D eigenvalue weighted by atomic mass is 31.2. The van der Waals surface area contributed by atoms with Crippen LogP contribution in [0.5, 0.6) is 0 Å². The molecular weight excluding hydrogens is 103 g/mol. The van der Waals surface area contributed by atoms with Crippen LogP contribution in [0.15, 0.2) is 0 Å². The molecule has 6 heavy (non-hydrogen) atoms. The highest BCUT2D eigenvalue weighted by molar-refractivity contribution is 7.57. The van der Waals surface area contributed by atoms with Crippen molar-refractivity contribution in [3.63, 3.8) is 0 Å². The van der Waals surface area contributed by atoms with E-state index in [1.165, 1.54) is 0 Å². The molecule has 2 N–H and O–H groups in total. The molecule has 0 amide bonds. The van der Waals surface area contributed by atoms with Gasteiger partial charge in [-0.15, -0.1) is 0 Å². The van der Waals surface area contributed by atoms with E-state index in [0.717, 1.165) is 5.66 Å². The van der Waals surface area contributed by atoms with Crippen molar-refractivity contribution in [1.29, 1.82) is 0 Å². The molecule has 0 unspecified atom stereocenters. The van der Waals surface area contributed by atoms with Crippen LogP contribution in [0, 0.1) is 12.1 Å². The number of hydrogen-bond acceptors (Lipinski definition) is 1. The Kier molecular flexibility index (Phi) is 1.37. The van der Waals surface area contributed by atoms with Gasteiger partial charge in [0.2, 0.25) is 0 Å². The highest BCUT2D eigenvalue weighted by Gasteiger charge is 2.03. The van der Waals surface area contributed by atoms with E-state index in [-0.39, 0.29) is 0 Å². The first-order chi connectivity index (χ1) is 2.56. The smallest absolute Gasteiger partial charge is 0.315 e. The second kappa shape index (κ2) is 1.44. The quantitative estimate of drug-likeness (QED) is 0.328. The summed E-state index contributed by atoms with van der Waals surface area (Å²) in [6, 6.07) is 0. The maximum absolute atomic E-state index is 9.40. The van der Waals surface area contributed by atoms with Gasteiger partial charge in [0.15, 0.2) is 0 Å². The van der Waals surface area contributed by atoms with Crippen molar-refractivity contribution >= 4 is 7.60 Å². The molecule has 0 aliphatic carbocycles. The number of hydrogen-bond donors (Lipinski definition) is 2. The zero-order valence-corrected chi connectivity index (χ0v) is 3.64. The fraction of sp³-hybridized carbons (Fsp3) is 0. The van der Waals surface area contributed by atoms with Crippen LogP contribution >= 0.6 is 7.60 Å². The third kappa shape index (κ3) is 3.71. The van der Waals surface area contributed by atoms with E-state index in [9.17, 15) is 4.57 Å². The Morgan fingerprint density at radius 3 is 1.83 bits per heavy atom. The van der Waals surface area contributed by atoms with Crippen LogP contribution in [-0.4, -0.2) is 9.79 Å². The molecule has 0 saturated carbocycles. The third-order valence-corrected chi connectivity index (χ3v) is 0.437. The zero-order valence-electron chi connectivity index (χ0n) is 2.75. The van der Waals surface area contributed by atoms with Gasteiger partial charge < -0.3 is 9.79 Å². The SMILES string of the molecule is [C]#CP(=O)(O)O. The largest absolute Gasteiger partial charge is 0.401 e. The van der Waals surface area contributed by atoms with Crippen LogP contribution in [0.3, 0.4) is 0 Å². The average Bonchev–Trinajstić information content (AvgIpc) is 1.35. The molecule has 0 aromatic rings. The van der Waals surface area contributed by atoms with Crippen LogP contribution in [0.2, 0.25) is 0 Å². The fourth-order valence-corrected chi connectivity index (χ4v) is 0. The predicted molar refractivity (Wildman–Crippen MR) is 19.2 cm³/mol. The molecule has 0 aliphatic heterocycles. The van der Waals surface area contributed by atoms with Crippen LogP contribution in [-0.2, 0) is 4.57 Å². The minimum absolute atomic E-state index is 1.02. The van der Waals surface area contributed by atoms with Crippen LogP contribution < -0.4 is 0 Å². The van der Waals surface area contributed by atoms with E-state index in [2.05, 4.69) is 0 Å². The van der Waals surface area contributed by atoms with Gasteiger partial charge in [-0.05, 0) is 6.42 Å². The summed E-state index contributed by atoms with van der Waals surface area (Å²) in [5.41, 5.74) is 1.02. The average molecular weight is 105 g/mol. The van der Waals surface area contributed by atoms with Gasteiger partial charge in [0, 0.05) is 5.66 Å². The minimum Gasteiger partial charge on any atom is -0.315 e. The van der Waals surface area contributed by atoms with Crippen LogP contribution in [0.25, 0.3) is 0 Å². The molecule has 1 radical (unpaired) electrons. The molecule has 4 heteroatoms. The summed E-state index contributed by atoms with van der Waals surface area (Å²) >= 11 is 0. The molecule has 0 aromatic heterocycles. The molecule has 0 saturated heterocycles. The normalized spacial score (nSPS) is 10.2. The van der Waals surface area contributed by atoms with E-state index < -0.39 is 7.60 Å². The third-order valence-electron chi connectivity index (χ3n) is 0.146. The zero-order chi connectivity index (χ0) is 5.21. The van der Waals surface area contributed by atoms with E-state index in [4.69, 9.17) is 16.2 Å². The highest BCUT2D eigenvalue weighted by Crippen LogP contribution is 2.31. The Morgan fingerprint density at radius 1 is 1.67 bits per heavy atom. The molecule has 3 nitrogen and oxygen atoms in total. The second-order valence-corrected chi connectivity index (χ2v) is 1.97. The first kappa shape index (κ1) is 5.71. The van der Waals surface area contributed by atoms with Crippen molar-refractivity contribution in [2.24, 2.45) is 0 Å². The van der Waals surface area contributed by atoms with Crippen molar-refractivity contribution in [2.75, 3.05) is 0 Å². The Labute approximate surface area is 35.2 Å². The summed E-state index contributed by atoms with van der Waals surface area (Å²) in [4.78, 5) is 15.3. The Morgan fingerprint density at radius 2 is 1.83 bits per heavy atom. The van der Waals surface area contributed by atoms with Gasteiger partial charge in [-0.25, -0.2) is 4.57 Å². The molecule has 0 spiro atoms. The van der Waals surface area contributed by atoms with Crippen molar-refractivity contribution in [1.82, 2.24) is 0 Å². The van der Waals surface area contributed by atoms with E-state index in [0.29, 0.717) is 0 Å². The van der Waals surface area contributed by atoms with Crippen LogP contribution in [0.4, 0.5) is 0 Å². The summed E-state index contributed by atoms with van der Waals surface area (Å²) in [6.07, 6.45) is 5.84. The minimum atomic E-state index is -4.23. The molecule has 0 bridgehead atoms. The lowest BCUT2D eigenvalue weighted by atomic mass is 11.4. The fourth-order valence-electron chi connectivity index (χ4n) is 0. The van der Waals surface area contributed by atoms with E-state index >= 15 is 0 Å². The summed E-state index contributed by atoms with van der Waals surface area (Å²) in [5.74, 6) is 0. The molecule has 0 aromatic carbocycles. The Bertz CT molecular complexity index is 115. The number of rotatable bonds is 0. The maximum atomic E-state index is 9.40. The standard InChI is InChI=1S/C2H2O3P/c1-2-6(3,4)5/h(H2,3,4,5). The second-order valence-electron chi connectivity index (χ2n) is 0.656. The van der Waals surface area contributed by atoms with E-state index in [1.807, 2.05) is 0 Å². The molecule has 0 rings (SSSR count). The Balaban J connectivity index is 3.94. The van der Waals surface area contributed by atoms with Gasteiger partial charge in [0.1, 0.15) is 0 Å². The first-order valence-electron chi connectivity index (χ1n) is 1.06. The van der Waals surface area contributed by atoms with Crippen LogP contribution in [0.1, 0.15) is 0 Å². The maximum Gasteiger partial charge on any atom is 0.401 e. The molecule has 0 atom stereocenters. The monoisotopic (exact) mass is 105 g/mol. The lowest BCUT2D eigenvalue weighted by Gasteiger charge is -1.83. The molecule has 0 fully saturated rings. The van der Waals surface area contributed by atoms with E-state index in [1.54, 1.807) is 0 Å². The first-order valence-corrected chi connectivity index (χ1v) is 2.67. The molecule has 0 heterocycles. The summed E-state index contributed by atoms with van der Waals surface area (Å²) in [6.45, 7) is 0.